The van der Waals surface area contributed by atoms with Crippen molar-refractivity contribution in [2.24, 2.45) is 11.8 Å². The SMILES string of the molecule is COc1ccc([C@@H]2C[C@@H]2C(=O)[C@@H](C#N)C(=O)c2ccoc2C)cc1. The van der Waals surface area contributed by atoms with Gasteiger partial charge in [-0.05, 0) is 43.0 Å². The lowest BCUT2D eigenvalue weighted by Crippen LogP contribution is -2.24. The van der Waals surface area contributed by atoms with E-state index in [1.807, 2.05) is 30.3 Å². The standard InChI is InChI=1S/C19H17NO4/c1-11-14(7-8-24-11)18(21)17(10-20)19(22)16-9-15(16)12-3-5-13(23-2)6-4-12/h3-8,15-17H,9H2,1-2H3/t15-,16-,17-/m0/s1. The topological polar surface area (TPSA) is 80.3 Å². The summed E-state index contributed by atoms with van der Waals surface area (Å²) in [6.07, 6.45) is 2.06. The van der Waals surface area contributed by atoms with E-state index in [4.69, 9.17) is 9.15 Å². The van der Waals surface area contributed by atoms with Crippen LogP contribution in [-0.2, 0) is 4.79 Å². The van der Waals surface area contributed by atoms with Crippen molar-refractivity contribution >= 4 is 11.6 Å². The largest absolute Gasteiger partial charge is 0.497 e. The van der Waals surface area contributed by atoms with Crippen molar-refractivity contribution in [2.45, 2.75) is 19.3 Å². The highest BCUT2D eigenvalue weighted by molar-refractivity contribution is 6.14. The highest BCUT2D eigenvalue weighted by Crippen LogP contribution is 2.49. The van der Waals surface area contributed by atoms with Crippen LogP contribution in [0.15, 0.2) is 41.0 Å². The second kappa shape index (κ2) is 6.32. The third-order valence-electron chi connectivity index (χ3n) is 4.50. The minimum atomic E-state index is -1.27. The zero-order valence-electron chi connectivity index (χ0n) is 13.5. The van der Waals surface area contributed by atoms with Crippen molar-refractivity contribution in [3.05, 3.63) is 53.5 Å². The van der Waals surface area contributed by atoms with Gasteiger partial charge in [0.25, 0.3) is 0 Å². The van der Waals surface area contributed by atoms with Crippen molar-refractivity contribution in [1.82, 2.24) is 0 Å². The molecule has 122 valence electrons. The number of nitrogens with zero attached hydrogens (tertiary/aromatic N) is 1. The normalized spacial score (nSPS) is 20.0. The summed E-state index contributed by atoms with van der Waals surface area (Å²) in [6.45, 7) is 1.64. The van der Waals surface area contributed by atoms with Crippen molar-refractivity contribution < 1.29 is 18.7 Å². The lowest BCUT2D eigenvalue weighted by Gasteiger charge is -2.07. The third kappa shape index (κ3) is 2.83. The minimum absolute atomic E-state index is 0.0671. The zero-order valence-corrected chi connectivity index (χ0v) is 13.5. The highest BCUT2D eigenvalue weighted by atomic mass is 16.5. The first-order valence-corrected chi connectivity index (χ1v) is 7.72. The van der Waals surface area contributed by atoms with E-state index in [0.29, 0.717) is 17.7 Å². The summed E-state index contributed by atoms with van der Waals surface area (Å²) in [4.78, 5) is 25.0. The molecule has 1 heterocycles. The molecule has 0 radical (unpaired) electrons. The van der Waals surface area contributed by atoms with E-state index >= 15 is 0 Å². The second-order valence-corrected chi connectivity index (χ2v) is 5.94. The molecule has 5 heteroatoms. The Morgan fingerprint density at radius 2 is 2.00 bits per heavy atom. The fourth-order valence-corrected chi connectivity index (χ4v) is 2.99. The van der Waals surface area contributed by atoms with Gasteiger partial charge in [0.2, 0.25) is 0 Å². The van der Waals surface area contributed by atoms with E-state index in [9.17, 15) is 14.9 Å². The Hall–Kier alpha value is -2.87. The van der Waals surface area contributed by atoms with Gasteiger partial charge in [0.05, 0.1) is 25.0 Å². The summed E-state index contributed by atoms with van der Waals surface area (Å²) in [5, 5.41) is 9.32. The van der Waals surface area contributed by atoms with Crippen LogP contribution in [0.2, 0.25) is 0 Å². The fourth-order valence-electron chi connectivity index (χ4n) is 2.99. The summed E-state index contributed by atoms with van der Waals surface area (Å²) in [6, 6.07) is 10.9. The van der Waals surface area contributed by atoms with Gasteiger partial charge < -0.3 is 9.15 Å². The molecular weight excluding hydrogens is 306 g/mol. The Labute approximate surface area is 139 Å². The van der Waals surface area contributed by atoms with Crippen LogP contribution >= 0.6 is 0 Å². The molecular formula is C19H17NO4. The fraction of sp³-hybridized carbons (Fsp3) is 0.316. The van der Waals surface area contributed by atoms with Gasteiger partial charge in [-0.1, -0.05) is 12.1 Å². The Morgan fingerprint density at radius 3 is 2.54 bits per heavy atom. The number of benzene rings is 1. The van der Waals surface area contributed by atoms with Crippen LogP contribution < -0.4 is 4.74 Å². The molecule has 0 bridgehead atoms. The van der Waals surface area contributed by atoms with E-state index in [2.05, 4.69) is 0 Å². The number of ketones is 2. The van der Waals surface area contributed by atoms with Crippen LogP contribution in [0.4, 0.5) is 0 Å². The van der Waals surface area contributed by atoms with E-state index in [1.54, 1.807) is 14.0 Å². The van der Waals surface area contributed by atoms with Gasteiger partial charge in [-0.25, -0.2) is 0 Å². The van der Waals surface area contributed by atoms with Gasteiger partial charge in [-0.15, -0.1) is 0 Å². The number of ether oxygens (including phenoxy) is 1. The number of hydrogen-bond acceptors (Lipinski definition) is 5. The maximum absolute atomic E-state index is 12.6. The number of Topliss-reactive ketones (excluding diaryl/α,β-unsaturated/α-hetero) is 2. The maximum Gasteiger partial charge on any atom is 0.191 e. The van der Waals surface area contributed by atoms with E-state index in [1.165, 1.54) is 12.3 Å². The lowest BCUT2D eigenvalue weighted by molar-refractivity contribution is -0.121. The summed E-state index contributed by atoms with van der Waals surface area (Å²) < 4.78 is 10.2. The number of carbonyl (C=O) groups excluding carboxylic acids is 2. The van der Waals surface area contributed by atoms with Crippen LogP contribution in [0.3, 0.4) is 0 Å². The molecule has 1 saturated carbocycles. The predicted molar refractivity (Wildman–Crippen MR) is 85.7 cm³/mol. The van der Waals surface area contributed by atoms with Crippen molar-refractivity contribution in [3.8, 4) is 11.8 Å². The van der Waals surface area contributed by atoms with Crippen molar-refractivity contribution in [3.63, 3.8) is 0 Å². The molecule has 0 unspecified atom stereocenters. The number of rotatable bonds is 6. The lowest BCUT2D eigenvalue weighted by atomic mass is 9.91. The first kappa shape index (κ1) is 16.0. The van der Waals surface area contributed by atoms with Gasteiger partial charge >= 0.3 is 0 Å². The van der Waals surface area contributed by atoms with Crippen LogP contribution in [0.1, 0.15) is 34.0 Å². The number of nitriles is 1. The smallest absolute Gasteiger partial charge is 0.191 e. The molecule has 1 aromatic heterocycles. The summed E-state index contributed by atoms with van der Waals surface area (Å²) in [5.74, 6) is -1.08. The monoisotopic (exact) mass is 323 g/mol. The second-order valence-electron chi connectivity index (χ2n) is 5.94. The molecule has 5 nitrogen and oxygen atoms in total. The van der Waals surface area contributed by atoms with E-state index in [0.717, 1.165) is 11.3 Å². The predicted octanol–water partition coefficient (Wildman–Crippen LogP) is 3.29. The zero-order chi connectivity index (χ0) is 17.3. The molecule has 0 amide bonds. The third-order valence-corrected chi connectivity index (χ3v) is 4.50. The van der Waals surface area contributed by atoms with Crippen LogP contribution in [0.25, 0.3) is 0 Å². The van der Waals surface area contributed by atoms with Crippen LogP contribution in [0, 0.1) is 30.1 Å². The van der Waals surface area contributed by atoms with Crippen molar-refractivity contribution in [2.75, 3.05) is 7.11 Å². The molecule has 2 aromatic rings. The summed E-state index contributed by atoms with van der Waals surface area (Å²) >= 11 is 0. The molecule has 1 fully saturated rings. The molecule has 0 saturated heterocycles. The number of aryl methyl sites for hydroxylation is 1. The van der Waals surface area contributed by atoms with Gasteiger partial charge in [-0.2, -0.15) is 5.26 Å². The van der Waals surface area contributed by atoms with E-state index in [-0.39, 0.29) is 17.6 Å². The molecule has 3 atom stereocenters. The minimum Gasteiger partial charge on any atom is -0.497 e. The Bertz CT molecular complexity index is 813. The molecule has 0 N–H and O–H groups in total. The molecule has 0 aliphatic heterocycles. The van der Waals surface area contributed by atoms with Gasteiger partial charge in [0, 0.05) is 5.92 Å². The van der Waals surface area contributed by atoms with Crippen LogP contribution in [-0.4, -0.2) is 18.7 Å². The van der Waals surface area contributed by atoms with Gasteiger partial charge in [0.1, 0.15) is 11.5 Å². The number of carbonyl (C=O) groups is 2. The molecule has 1 aromatic carbocycles. The van der Waals surface area contributed by atoms with E-state index < -0.39 is 11.7 Å². The quantitative estimate of drug-likeness (QED) is 0.602. The Morgan fingerprint density at radius 1 is 1.29 bits per heavy atom. The Kier molecular flexibility index (Phi) is 4.22. The first-order chi connectivity index (χ1) is 11.6. The average molecular weight is 323 g/mol. The van der Waals surface area contributed by atoms with Crippen LogP contribution in [0.5, 0.6) is 5.75 Å². The maximum atomic E-state index is 12.6. The first-order valence-electron chi connectivity index (χ1n) is 7.72. The molecule has 1 aliphatic rings. The average Bonchev–Trinajstić information content (AvgIpc) is 3.29. The van der Waals surface area contributed by atoms with Gasteiger partial charge in [0.15, 0.2) is 17.5 Å². The molecule has 0 spiro atoms. The molecule has 24 heavy (non-hydrogen) atoms. The van der Waals surface area contributed by atoms with Crippen molar-refractivity contribution in [1.29, 1.82) is 5.26 Å². The summed E-state index contributed by atoms with van der Waals surface area (Å²) in [5.41, 5.74) is 1.33. The number of methoxy groups -OCH3 is 1. The molecule has 1 aliphatic carbocycles. The highest BCUT2D eigenvalue weighted by Gasteiger charge is 2.48. The number of furan rings is 1. The summed E-state index contributed by atoms with van der Waals surface area (Å²) in [7, 11) is 1.60. The van der Waals surface area contributed by atoms with Gasteiger partial charge in [-0.3, -0.25) is 9.59 Å². The Balaban J connectivity index is 1.73. The molecule has 3 rings (SSSR count). The number of hydrogen-bond donors (Lipinski definition) is 0.